The molecule has 11 heteroatoms. The zero-order valence-electron chi connectivity index (χ0n) is 19.6. The Morgan fingerprint density at radius 2 is 1.86 bits per heavy atom. The first-order valence-corrected chi connectivity index (χ1v) is 11.5. The fourth-order valence-corrected chi connectivity index (χ4v) is 4.27. The van der Waals surface area contributed by atoms with Crippen LogP contribution < -0.4 is 16.4 Å². The predicted octanol–water partition coefficient (Wildman–Crippen LogP) is 5.52. The molecule has 3 amide bonds. The van der Waals surface area contributed by atoms with Crippen LogP contribution in [0, 0.1) is 11.6 Å². The molecule has 4 rings (SSSR count). The molecule has 0 aliphatic heterocycles. The molecule has 1 heterocycles. The van der Waals surface area contributed by atoms with E-state index >= 15 is 4.39 Å². The highest BCUT2D eigenvalue weighted by Crippen LogP contribution is 2.37. The maximum absolute atomic E-state index is 15.9. The monoisotopic (exact) mass is 516 g/mol. The minimum absolute atomic E-state index is 0.00347. The SMILES string of the molecule is NC(=O)NCc1ncccc1-c1ccc(NC(=O)OC2CCC(F)(F)C2)c(F)c1Cc1ccccc1F. The van der Waals surface area contributed by atoms with Gasteiger partial charge in [0.15, 0.2) is 5.82 Å². The summed E-state index contributed by atoms with van der Waals surface area (Å²) in [7, 11) is 0. The number of hydrogen-bond acceptors (Lipinski definition) is 4. The Morgan fingerprint density at radius 3 is 2.57 bits per heavy atom. The van der Waals surface area contributed by atoms with Crippen LogP contribution in [-0.2, 0) is 17.7 Å². The molecule has 0 bridgehead atoms. The Bertz CT molecular complexity index is 1320. The third-order valence-corrected chi connectivity index (χ3v) is 6.05. The number of halogens is 4. The number of carbonyl (C=O) groups is 2. The van der Waals surface area contributed by atoms with Crippen LogP contribution in [0.3, 0.4) is 0 Å². The summed E-state index contributed by atoms with van der Waals surface area (Å²) in [6.07, 6.45) is -1.71. The van der Waals surface area contributed by atoms with Crippen molar-refractivity contribution in [3.63, 3.8) is 0 Å². The quantitative estimate of drug-likeness (QED) is 0.360. The number of hydrogen-bond donors (Lipinski definition) is 3. The van der Waals surface area contributed by atoms with Gasteiger partial charge >= 0.3 is 12.1 Å². The number of ether oxygens (including phenoxy) is 1. The molecule has 1 unspecified atom stereocenters. The molecule has 7 nitrogen and oxygen atoms in total. The summed E-state index contributed by atoms with van der Waals surface area (Å²) >= 11 is 0. The fourth-order valence-electron chi connectivity index (χ4n) is 4.27. The molecule has 2 aromatic carbocycles. The van der Waals surface area contributed by atoms with Gasteiger partial charge in [-0.25, -0.2) is 27.2 Å². The molecular formula is C26H24F4N4O3. The van der Waals surface area contributed by atoms with Gasteiger partial charge in [-0.15, -0.1) is 0 Å². The minimum Gasteiger partial charge on any atom is -0.446 e. The molecule has 1 aliphatic rings. The number of amides is 3. The third-order valence-electron chi connectivity index (χ3n) is 6.05. The first-order chi connectivity index (χ1) is 17.6. The molecule has 4 N–H and O–H groups in total. The normalized spacial score (nSPS) is 16.3. The predicted molar refractivity (Wildman–Crippen MR) is 128 cm³/mol. The van der Waals surface area contributed by atoms with E-state index in [0.717, 1.165) is 0 Å². The van der Waals surface area contributed by atoms with Crippen molar-refractivity contribution in [3.05, 3.63) is 83.2 Å². The van der Waals surface area contributed by atoms with Crippen molar-refractivity contribution in [2.75, 3.05) is 5.32 Å². The Labute approximate surface area is 210 Å². The number of aromatic nitrogens is 1. The summed E-state index contributed by atoms with van der Waals surface area (Å²) in [5.41, 5.74) is 6.36. The van der Waals surface area contributed by atoms with Gasteiger partial charge in [0.05, 0.1) is 17.9 Å². The molecule has 0 radical (unpaired) electrons. The van der Waals surface area contributed by atoms with Gasteiger partial charge in [-0.3, -0.25) is 10.3 Å². The minimum atomic E-state index is -2.91. The van der Waals surface area contributed by atoms with E-state index in [1.165, 1.54) is 36.5 Å². The van der Waals surface area contributed by atoms with Crippen molar-refractivity contribution >= 4 is 17.8 Å². The van der Waals surface area contributed by atoms with E-state index in [1.807, 2.05) is 0 Å². The van der Waals surface area contributed by atoms with Crippen LogP contribution in [0.2, 0.25) is 0 Å². The van der Waals surface area contributed by atoms with Gasteiger partial charge in [-0.05, 0) is 35.7 Å². The molecule has 1 aliphatic carbocycles. The number of nitrogens with zero attached hydrogens (tertiary/aromatic N) is 1. The molecule has 194 valence electrons. The van der Waals surface area contributed by atoms with Gasteiger partial charge in [0.25, 0.3) is 5.92 Å². The number of pyridine rings is 1. The molecule has 37 heavy (non-hydrogen) atoms. The van der Waals surface area contributed by atoms with Crippen LogP contribution in [0.5, 0.6) is 0 Å². The second-order valence-corrected chi connectivity index (χ2v) is 8.69. The lowest BCUT2D eigenvalue weighted by molar-refractivity contribution is -0.00501. The highest BCUT2D eigenvalue weighted by molar-refractivity contribution is 5.86. The van der Waals surface area contributed by atoms with E-state index in [0.29, 0.717) is 16.8 Å². The lowest BCUT2D eigenvalue weighted by atomic mass is 9.92. The number of anilines is 1. The Morgan fingerprint density at radius 1 is 1.08 bits per heavy atom. The Hall–Kier alpha value is -4.15. The Kier molecular flexibility index (Phi) is 7.61. The van der Waals surface area contributed by atoms with Crippen molar-refractivity contribution < 1.29 is 31.9 Å². The van der Waals surface area contributed by atoms with E-state index in [1.54, 1.807) is 18.2 Å². The van der Waals surface area contributed by atoms with Gasteiger partial charge < -0.3 is 15.8 Å². The molecule has 1 saturated carbocycles. The zero-order valence-corrected chi connectivity index (χ0v) is 19.6. The molecule has 0 spiro atoms. The number of carbonyl (C=O) groups excluding carboxylic acids is 2. The lowest BCUT2D eigenvalue weighted by Gasteiger charge is -2.18. The molecule has 1 aromatic heterocycles. The maximum Gasteiger partial charge on any atom is 0.411 e. The van der Waals surface area contributed by atoms with Crippen LogP contribution in [0.1, 0.15) is 36.1 Å². The van der Waals surface area contributed by atoms with Crippen molar-refractivity contribution in [2.24, 2.45) is 5.73 Å². The average molecular weight is 516 g/mol. The number of benzene rings is 2. The highest BCUT2D eigenvalue weighted by atomic mass is 19.3. The average Bonchev–Trinajstić information content (AvgIpc) is 3.19. The van der Waals surface area contributed by atoms with Crippen LogP contribution in [0.15, 0.2) is 54.7 Å². The highest BCUT2D eigenvalue weighted by Gasteiger charge is 2.41. The first kappa shape index (κ1) is 25.9. The summed E-state index contributed by atoms with van der Waals surface area (Å²) in [6.45, 7) is -0.0371. The second kappa shape index (κ2) is 10.9. The number of rotatable bonds is 7. The van der Waals surface area contributed by atoms with E-state index in [9.17, 15) is 22.8 Å². The van der Waals surface area contributed by atoms with Gasteiger partial charge in [0.1, 0.15) is 11.9 Å². The van der Waals surface area contributed by atoms with Gasteiger partial charge in [-0.1, -0.05) is 30.3 Å². The van der Waals surface area contributed by atoms with Crippen LogP contribution in [0.25, 0.3) is 11.1 Å². The second-order valence-electron chi connectivity index (χ2n) is 8.69. The summed E-state index contributed by atoms with van der Waals surface area (Å²) in [5, 5.41) is 4.71. The van der Waals surface area contributed by atoms with Crippen molar-refractivity contribution in [3.8, 4) is 11.1 Å². The van der Waals surface area contributed by atoms with Crippen LogP contribution in [0.4, 0.5) is 32.8 Å². The van der Waals surface area contributed by atoms with Gasteiger partial charge in [-0.2, -0.15) is 0 Å². The number of primary amides is 1. The van der Waals surface area contributed by atoms with E-state index in [4.69, 9.17) is 10.5 Å². The molecule has 1 fully saturated rings. The van der Waals surface area contributed by atoms with Crippen LogP contribution >= 0.6 is 0 Å². The van der Waals surface area contributed by atoms with Crippen molar-refractivity contribution in [1.29, 1.82) is 0 Å². The number of urea groups is 1. The smallest absolute Gasteiger partial charge is 0.411 e. The molecule has 3 aromatic rings. The topological polar surface area (TPSA) is 106 Å². The first-order valence-electron chi connectivity index (χ1n) is 11.5. The summed E-state index contributed by atoms with van der Waals surface area (Å²) in [4.78, 5) is 27.8. The molecule has 0 saturated heterocycles. The van der Waals surface area contributed by atoms with Crippen molar-refractivity contribution in [1.82, 2.24) is 10.3 Å². The Balaban J connectivity index is 1.69. The largest absolute Gasteiger partial charge is 0.446 e. The summed E-state index contributed by atoms with van der Waals surface area (Å²) in [5.74, 6) is -4.31. The summed E-state index contributed by atoms with van der Waals surface area (Å²) in [6, 6.07) is 11.2. The number of alkyl halides is 2. The molecule has 1 atom stereocenters. The van der Waals surface area contributed by atoms with Crippen LogP contribution in [-0.4, -0.2) is 29.1 Å². The zero-order chi connectivity index (χ0) is 26.6. The standard InChI is InChI=1S/C26H24F4N4O3/c27-20-6-2-1-4-15(20)12-19-17(18-5-3-11-32-22(18)14-33-24(31)35)7-8-21(23(19)28)34-25(36)37-16-9-10-26(29,30)13-16/h1-8,11,16H,9-10,12-14H2,(H,34,36)(H3,31,33,35). The van der Waals surface area contributed by atoms with Gasteiger partial charge in [0, 0.05) is 36.6 Å². The third kappa shape index (κ3) is 6.35. The number of nitrogens with one attached hydrogen (secondary N) is 2. The summed E-state index contributed by atoms with van der Waals surface area (Å²) < 4.78 is 62.2. The van der Waals surface area contributed by atoms with Crippen molar-refractivity contribution in [2.45, 2.75) is 44.3 Å². The molecular weight excluding hydrogens is 492 g/mol. The fraction of sp³-hybridized carbons (Fsp3) is 0.269. The lowest BCUT2D eigenvalue weighted by Crippen LogP contribution is -2.29. The number of nitrogens with two attached hydrogens (primary N) is 1. The van der Waals surface area contributed by atoms with Gasteiger partial charge in [0.2, 0.25) is 0 Å². The van der Waals surface area contributed by atoms with E-state index in [2.05, 4.69) is 15.6 Å². The van der Waals surface area contributed by atoms with E-state index < -0.39 is 48.6 Å². The maximum atomic E-state index is 15.9. The van der Waals surface area contributed by atoms with E-state index in [-0.39, 0.29) is 36.2 Å².